The molecule has 0 aromatic heterocycles. The van der Waals surface area contributed by atoms with Crippen molar-refractivity contribution in [3.05, 3.63) is 70.8 Å². The number of amides is 1. The number of amidine groups is 1. The SMILES string of the molecule is CCCN1C(=NC(=O)c2cccc(C#N)c2)Cc2ccc(/C=C/C(=O)OCC)cc21. The standard InChI is InChI=1S/C24H23N3O3/c1-3-12-27-21-14-17(9-11-23(28)30-4-2)8-10-19(21)15-22(27)26-24(29)20-7-5-6-18(13-20)16-25/h5-11,13-14H,3-4,12,15H2,1-2H3/b11-9+,26-22?. The lowest BCUT2D eigenvalue weighted by Crippen LogP contribution is -2.28. The summed E-state index contributed by atoms with van der Waals surface area (Å²) < 4.78 is 4.92. The number of benzene rings is 2. The van der Waals surface area contributed by atoms with E-state index in [0.29, 0.717) is 30.0 Å². The summed E-state index contributed by atoms with van der Waals surface area (Å²) in [5, 5.41) is 9.05. The fourth-order valence-electron chi connectivity index (χ4n) is 3.32. The molecule has 0 saturated heterocycles. The van der Waals surface area contributed by atoms with Crippen molar-refractivity contribution in [2.45, 2.75) is 26.7 Å². The van der Waals surface area contributed by atoms with E-state index in [1.165, 1.54) is 6.08 Å². The van der Waals surface area contributed by atoms with Crippen LogP contribution in [0.4, 0.5) is 5.69 Å². The molecule has 1 aliphatic heterocycles. The number of nitrogens with zero attached hydrogens (tertiary/aromatic N) is 3. The third-order valence-corrected chi connectivity index (χ3v) is 4.68. The molecular formula is C24H23N3O3. The summed E-state index contributed by atoms with van der Waals surface area (Å²) in [6.45, 7) is 4.89. The maximum Gasteiger partial charge on any atom is 0.330 e. The average Bonchev–Trinajstić information content (AvgIpc) is 3.09. The van der Waals surface area contributed by atoms with Gasteiger partial charge < -0.3 is 9.64 Å². The molecule has 0 bridgehead atoms. The van der Waals surface area contributed by atoms with E-state index < -0.39 is 0 Å². The highest BCUT2D eigenvalue weighted by Crippen LogP contribution is 2.31. The normalized spacial score (nSPS) is 14.0. The van der Waals surface area contributed by atoms with E-state index in [0.717, 1.165) is 29.8 Å². The van der Waals surface area contributed by atoms with Crippen LogP contribution in [0.15, 0.2) is 53.5 Å². The third-order valence-electron chi connectivity index (χ3n) is 4.68. The predicted octanol–water partition coefficient (Wildman–Crippen LogP) is 4.15. The van der Waals surface area contributed by atoms with E-state index in [1.807, 2.05) is 29.2 Å². The van der Waals surface area contributed by atoms with Crippen LogP contribution in [-0.2, 0) is 16.0 Å². The van der Waals surface area contributed by atoms with Gasteiger partial charge in [0.2, 0.25) is 0 Å². The van der Waals surface area contributed by atoms with Crippen LogP contribution in [-0.4, -0.2) is 30.9 Å². The van der Waals surface area contributed by atoms with Gasteiger partial charge in [-0.25, -0.2) is 4.79 Å². The minimum Gasteiger partial charge on any atom is -0.463 e. The summed E-state index contributed by atoms with van der Waals surface area (Å²) in [5.41, 5.74) is 3.76. The number of ether oxygens (including phenoxy) is 1. The van der Waals surface area contributed by atoms with Crippen molar-refractivity contribution in [1.29, 1.82) is 5.26 Å². The van der Waals surface area contributed by atoms with Crippen molar-refractivity contribution in [1.82, 2.24) is 0 Å². The van der Waals surface area contributed by atoms with Gasteiger partial charge in [-0.1, -0.05) is 25.1 Å². The largest absolute Gasteiger partial charge is 0.463 e. The highest BCUT2D eigenvalue weighted by atomic mass is 16.5. The Morgan fingerprint density at radius 3 is 2.80 bits per heavy atom. The van der Waals surface area contributed by atoms with E-state index in [2.05, 4.69) is 11.9 Å². The van der Waals surface area contributed by atoms with Crippen LogP contribution < -0.4 is 4.90 Å². The Bertz CT molecular complexity index is 1060. The minimum absolute atomic E-state index is 0.336. The molecular weight excluding hydrogens is 378 g/mol. The van der Waals surface area contributed by atoms with Gasteiger partial charge in [-0.15, -0.1) is 0 Å². The first kappa shape index (κ1) is 21.0. The number of fused-ring (bicyclic) bond motifs is 1. The molecule has 1 aliphatic rings. The third kappa shape index (κ3) is 4.81. The van der Waals surface area contributed by atoms with Gasteiger partial charge in [0.05, 0.1) is 18.2 Å². The molecule has 6 heteroatoms. The molecule has 6 nitrogen and oxygen atoms in total. The van der Waals surface area contributed by atoms with Gasteiger partial charge in [-0.3, -0.25) is 4.79 Å². The number of carbonyl (C=O) groups excluding carboxylic acids is 2. The van der Waals surface area contributed by atoms with Gasteiger partial charge in [0.25, 0.3) is 5.91 Å². The zero-order valence-corrected chi connectivity index (χ0v) is 17.1. The lowest BCUT2D eigenvalue weighted by atomic mass is 10.1. The van der Waals surface area contributed by atoms with Gasteiger partial charge in [0.1, 0.15) is 5.84 Å². The number of esters is 1. The number of nitriles is 1. The number of rotatable bonds is 6. The molecule has 1 heterocycles. The Morgan fingerprint density at radius 1 is 1.23 bits per heavy atom. The molecule has 0 aliphatic carbocycles. The Labute approximate surface area is 176 Å². The van der Waals surface area contributed by atoms with Crippen LogP contribution in [0.2, 0.25) is 0 Å². The fraction of sp³-hybridized carbons (Fsp3) is 0.250. The quantitative estimate of drug-likeness (QED) is 0.536. The first-order valence-corrected chi connectivity index (χ1v) is 9.93. The second kappa shape index (κ2) is 9.66. The first-order valence-electron chi connectivity index (χ1n) is 9.93. The van der Waals surface area contributed by atoms with Crippen molar-refractivity contribution in [3.8, 4) is 6.07 Å². The van der Waals surface area contributed by atoms with Gasteiger partial charge >= 0.3 is 5.97 Å². The predicted molar refractivity (Wildman–Crippen MR) is 116 cm³/mol. The first-order chi connectivity index (χ1) is 14.5. The molecule has 0 unspecified atom stereocenters. The van der Waals surface area contributed by atoms with E-state index >= 15 is 0 Å². The summed E-state index contributed by atoms with van der Waals surface area (Å²) in [5.74, 6) is -0.0555. The average molecular weight is 401 g/mol. The maximum absolute atomic E-state index is 12.7. The van der Waals surface area contributed by atoms with Crippen molar-refractivity contribution < 1.29 is 14.3 Å². The number of hydrogen-bond acceptors (Lipinski definition) is 4. The summed E-state index contributed by atoms with van der Waals surface area (Å²) in [6.07, 6.45) is 4.57. The van der Waals surface area contributed by atoms with Gasteiger partial charge in [0.15, 0.2) is 0 Å². The highest BCUT2D eigenvalue weighted by molar-refractivity contribution is 6.12. The molecule has 152 valence electrons. The summed E-state index contributed by atoms with van der Waals surface area (Å²) in [7, 11) is 0. The lowest BCUT2D eigenvalue weighted by Gasteiger charge is -2.19. The molecule has 0 spiro atoms. The summed E-state index contributed by atoms with van der Waals surface area (Å²) in [4.78, 5) is 30.7. The Morgan fingerprint density at radius 2 is 2.07 bits per heavy atom. The van der Waals surface area contributed by atoms with Crippen molar-refractivity contribution in [2.24, 2.45) is 4.99 Å². The van der Waals surface area contributed by atoms with E-state index in [9.17, 15) is 9.59 Å². The van der Waals surface area contributed by atoms with Gasteiger partial charge in [0, 0.05) is 30.3 Å². The van der Waals surface area contributed by atoms with E-state index in [-0.39, 0.29) is 11.9 Å². The molecule has 0 atom stereocenters. The highest BCUT2D eigenvalue weighted by Gasteiger charge is 2.26. The fourth-order valence-corrected chi connectivity index (χ4v) is 3.32. The minimum atomic E-state index is -0.379. The van der Waals surface area contributed by atoms with Crippen molar-refractivity contribution >= 4 is 29.5 Å². The second-order valence-electron chi connectivity index (χ2n) is 6.83. The molecule has 0 radical (unpaired) electrons. The molecule has 0 saturated carbocycles. The van der Waals surface area contributed by atoms with Crippen LogP contribution >= 0.6 is 0 Å². The second-order valence-corrected chi connectivity index (χ2v) is 6.83. The number of aliphatic imine (C=N–C) groups is 1. The van der Waals surface area contributed by atoms with Gasteiger partial charge in [-0.05, 0) is 54.8 Å². The molecule has 2 aromatic rings. The molecule has 30 heavy (non-hydrogen) atoms. The Kier molecular flexibility index (Phi) is 6.76. The van der Waals surface area contributed by atoms with Gasteiger partial charge in [-0.2, -0.15) is 10.3 Å². The Hall–Kier alpha value is -3.72. The zero-order chi connectivity index (χ0) is 21.5. The smallest absolute Gasteiger partial charge is 0.330 e. The van der Waals surface area contributed by atoms with Crippen LogP contribution in [0.5, 0.6) is 0 Å². The lowest BCUT2D eigenvalue weighted by molar-refractivity contribution is -0.137. The molecule has 0 N–H and O–H groups in total. The molecule has 3 rings (SSSR count). The maximum atomic E-state index is 12.7. The molecule has 1 amide bonds. The van der Waals surface area contributed by atoms with Crippen LogP contribution in [0.1, 0.15) is 47.3 Å². The van der Waals surface area contributed by atoms with E-state index in [1.54, 1.807) is 37.3 Å². The number of anilines is 1. The summed E-state index contributed by atoms with van der Waals surface area (Å²) >= 11 is 0. The zero-order valence-electron chi connectivity index (χ0n) is 17.1. The van der Waals surface area contributed by atoms with E-state index in [4.69, 9.17) is 10.00 Å². The number of carbonyl (C=O) groups is 2. The topological polar surface area (TPSA) is 82.8 Å². The van der Waals surface area contributed by atoms with Crippen LogP contribution in [0.3, 0.4) is 0 Å². The van der Waals surface area contributed by atoms with Crippen LogP contribution in [0.25, 0.3) is 6.08 Å². The molecule has 0 fully saturated rings. The van der Waals surface area contributed by atoms with Crippen LogP contribution in [0, 0.1) is 11.3 Å². The van der Waals surface area contributed by atoms with Crippen molar-refractivity contribution in [3.63, 3.8) is 0 Å². The monoisotopic (exact) mass is 401 g/mol. The number of hydrogen-bond donors (Lipinski definition) is 0. The molecule has 2 aromatic carbocycles. The van der Waals surface area contributed by atoms with Crippen molar-refractivity contribution in [2.75, 3.05) is 18.1 Å². The Balaban J connectivity index is 1.88. The summed E-state index contributed by atoms with van der Waals surface area (Å²) in [6, 6.07) is 14.5.